The zero-order valence-corrected chi connectivity index (χ0v) is 55.0. The molecule has 7 unspecified atom stereocenters. The van der Waals surface area contributed by atoms with Crippen LogP contribution in [0.2, 0.25) is 0 Å². The number of fused-ring (bicyclic) bond motifs is 7. The Balaban J connectivity index is 0.000000142. The molecule has 7 heterocycles. The number of aliphatic hydroxyl groups excluding tert-OH is 1. The molecule has 2 aliphatic heterocycles. The Kier molecular flexibility index (Phi) is 23.3. The molecule has 2 aliphatic carbocycles. The molecule has 0 radical (unpaired) electrons. The number of furan rings is 1. The fourth-order valence-corrected chi connectivity index (χ4v) is 12.7. The number of aromatic amines is 3. The molecule has 9 aromatic rings. The van der Waals surface area contributed by atoms with Crippen molar-refractivity contribution in [2.45, 2.75) is 136 Å². The summed E-state index contributed by atoms with van der Waals surface area (Å²) in [6.45, 7) is 17.3. The lowest BCUT2D eigenvalue weighted by atomic mass is 9.66. The molecule has 1 saturated heterocycles. The second kappa shape index (κ2) is 32.7. The Labute approximate surface area is 562 Å². The summed E-state index contributed by atoms with van der Waals surface area (Å²) in [6.07, 6.45) is 19.7. The first-order valence-electron chi connectivity index (χ1n) is 33.1. The molecule has 13 rings (SSSR count). The summed E-state index contributed by atoms with van der Waals surface area (Å²) in [5.41, 5.74) is 9.98. The number of H-pyrrole nitrogens is 3. The Morgan fingerprint density at radius 3 is 2.47 bits per heavy atom. The van der Waals surface area contributed by atoms with E-state index in [2.05, 4.69) is 82.1 Å². The molecule has 1 fully saturated rings. The molecule has 0 spiro atoms. The highest BCUT2D eigenvalue weighted by Gasteiger charge is 2.41. The summed E-state index contributed by atoms with van der Waals surface area (Å²) in [5, 5.41) is 27.3. The summed E-state index contributed by atoms with van der Waals surface area (Å²) >= 11 is 0. The van der Waals surface area contributed by atoms with Gasteiger partial charge in [-0.2, -0.15) is 5.10 Å². The van der Waals surface area contributed by atoms with Crippen molar-refractivity contribution in [1.82, 2.24) is 40.8 Å². The number of rotatable bonds is 18. The molecule has 7 N–H and O–H groups in total. The number of ether oxygens (including phenoxy) is 2. The van der Waals surface area contributed by atoms with Crippen LogP contribution < -0.4 is 16.0 Å². The van der Waals surface area contributed by atoms with Crippen molar-refractivity contribution in [3.05, 3.63) is 209 Å². The number of para-hydroxylation sites is 2. The minimum atomic E-state index is -0.593. The van der Waals surface area contributed by atoms with Gasteiger partial charge in [0.2, 0.25) is 5.91 Å². The van der Waals surface area contributed by atoms with E-state index in [1.165, 1.54) is 47.1 Å². The van der Waals surface area contributed by atoms with Gasteiger partial charge in [-0.15, -0.1) is 0 Å². The number of nitrogens with one attached hydrogen (secondary N) is 6. The topological polar surface area (TPSA) is 281 Å². The van der Waals surface area contributed by atoms with Gasteiger partial charge in [0.05, 0.1) is 61.7 Å². The average Bonchev–Trinajstić information content (AvgIpc) is 1.70. The first-order chi connectivity index (χ1) is 46.9. The van der Waals surface area contributed by atoms with Crippen molar-refractivity contribution in [3.8, 4) is 22.6 Å². The van der Waals surface area contributed by atoms with Crippen LogP contribution in [-0.2, 0) is 48.0 Å². The number of hydrogen-bond donors (Lipinski definition) is 7. The quantitative estimate of drug-likeness (QED) is 0.0311. The van der Waals surface area contributed by atoms with Gasteiger partial charge in [-0.3, -0.25) is 38.8 Å². The number of esters is 2. The molecule has 502 valence electrons. The lowest BCUT2D eigenvalue weighted by Crippen LogP contribution is -2.44. The normalized spacial score (nSPS) is 18.9. The minimum absolute atomic E-state index is 0.0188. The minimum Gasteiger partial charge on any atom is -0.462 e. The molecule has 5 aromatic heterocycles. The van der Waals surface area contributed by atoms with E-state index in [0.29, 0.717) is 54.0 Å². The van der Waals surface area contributed by atoms with Crippen LogP contribution in [0.5, 0.6) is 0 Å². The van der Waals surface area contributed by atoms with Crippen LogP contribution in [-0.4, -0.2) is 95.0 Å². The van der Waals surface area contributed by atoms with Crippen LogP contribution in [0, 0.1) is 42.0 Å². The summed E-state index contributed by atoms with van der Waals surface area (Å²) in [6, 6.07) is 33.1. The number of anilines is 1. The number of hydrogen-bond acceptors (Lipinski definition) is 13. The van der Waals surface area contributed by atoms with E-state index < -0.39 is 18.0 Å². The average molecular weight is 1310 g/mol. The molecule has 4 aliphatic rings. The molecule has 8 atom stereocenters. The molecule has 4 aromatic carbocycles. The van der Waals surface area contributed by atoms with Gasteiger partial charge in [-0.1, -0.05) is 95.3 Å². The number of amides is 3. The van der Waals surface area contributed by atoms with E-state index in [-0.39, 0.29) is 84.1 Å². The third kappa shape index (κ3) is 17.9. The number of nitrogens with zero attached hydrogens (tertiary/aromatic N) is 4. The van der Waals surface area contributed by atoms with Gasteiger partial charge in [0.25, 0.3) is 11.8 Å². The van der Waals surface area contributed by atoms with Crippen molar-refractivity contribution in [2.24, 2.45) is 29.6 Å². The summed E-state index contributed by atoms with van der Waals surface area (Å²) in [5.74, 6) is 0.699. The van der Waals surface area contributed by atoms with E-state index in [4.69, 9.17) is 20.5 Å². The number of cyclic esters (lactones) is 1. The van der Waals surface area contributed by atoms with Gasteiger partial charge in [-0.05, 0) is 158 Å². The lowest BCUT2D eigenvalue weighted by molar-refractivity contribution is -0.162. The molecule has 97 heavy (non-hydrogen) atoms. The number of aromatic nitrogens is 6. The number of allylic oxidation sites excluding steroid dienone is 3. The molecule has 3 amide bonds. The number of aryl methyl sites for hydroxylation is 1. The Morgan fingerprint density at radius 2 is 1.72 bits per heavy atom. The maximum absolute atomic E-state index is 13.0. The molecule has 0 bridgehead atoms. The zero-order chi connectivity index (χ0) is 68.5. The van der Waals surface area contributed by atoms with Crippen molar-refractivity contribution in [2.75, 3.05) is 5.32 Å². The van der Waals surface area contributed by atoms with Gasteiger partial charge in [0.15, 0.2) is 23.1 Å². The van der Waals surface area contributed by atoms with Crippen LogP contribution in [0.15, 0.2) is 168 Å². The standard InChI is InChI=1S/C23H25FN2O2.C23H34O5.C17H11N3O.C13H11N5O2/c1-15(2)22(26-23(28)16-10-12-18(24)13-11-16)21(27)9-5-6-17-14-25-20-8-4-3-7-19(17)20;1-4-14(2)23(26)28-20-7-5-6-16-9-8-15(3)19(22(16)20)11-10-18-12-17(24)13-21(25)27-18;1-18-10-6-7-15-12(8-10)13-9-16(21)19-14-5-3-2-4-11(14)17(13)20-15;19-13(10-4-2-6-20-10)15-8-11-16-12(18-17-11)9-3-1-5-14-7-9/h3-4,7-8,10-15,22,25H,5-6,9H2,1-2H3,(H,26,28);6,8-9,14-15,17-20,22,24H,4-5,7,10-13H2,1-3H3;2-8,20H,9H2,(H,19,21);1-7H,8H2,(H,15,19)(H,16,17,18)/t22-;;;/m0.../s1. The molecular formula is C76H81FN10O10. The van der Waals surface area contributed by atoms with Gasteiger partial charge < -0.3 is 44.9 Å². The zero-order valence-electron chi connectivity index (χ0n) is 55.0. The summed E-state index contributed by atoms with van der Waals surface area (Å²) in [7, 11) is 0. The van der Waals surface area contributed by atoms with Crippen LogP contribution in [0.1, 0.15) is 130 Å². The smallest absolute Gasteiger partial charge is 0.308 e. The maximum atomic E-state index is 13.0. The van der Waals surface area contributed by atoms with Crippen LogP contribution in [0.4, 0.5) is 15.8 Å². The third-order valence-electron chi connectivity index (χ3n) is 18.1. The highest BCUT2D eigenvalue weighted by molar-refractivity contribution is 6.06. The van der Waals surface area contributed by atoms with Crippen molar-refractivity contribution >= 4 is 68.6 Å². The van der Waals surface area contributed by atoms with Gasteiger partial charge in [0, 0.05) is 70.5 Å². The number of ketones is 1. The maximum Gasteiger partial charge on any atom is 0.308 e. The second-order valence-electron chi connectivity index (χ2n) is 25.2. The fraction of sp³-hybridized carbons (Fsp3) is 0.342. The van der Waals surface area contributed by atoms with E-state index in [1.807, 2.05) is 101 Å². The number of carbonyl (C=O) groups is 6. The molecular weight excluding hydrogens is 1230 g/mol. The highest BCUT2D eigenvalue weighted by atomic mass is 19.1. The van der Waals surface area contributed by atoms with E-state index >= 15 is 0 Å². The van der Waals surface area contributed by atoms with Gasteiger partial charge in [0.1, 0.15) is 23.8 Å². The third-order valence-corrected chi connectivity index (χ3v) is 18.1. The van der Waals surface area contributed by atoms with Crippen LogP contribution in [0.3, 0.4) is 0 Å². The van der Waals surface area contributed by atoms with E-state index in [1.54, 1.807) is 30.6 Å². The van der Waals surface area contributed by atoms with Gasteiger partial charge in [-0.25, -0.2) is 14.2 Å². The number of pyridine rings is 1. The Hall–Kier alpha value is -10.6. The monoisotopic (exact) mass is 1310 g/mol. The lowest BCUT2D eigenvalue weighted by Gasteiger charge is -2.42. The molecule has 20 nitrogen and oxygen atoms in total. The molecule has 0 saturated carbocycles. The van der Waals surface area contributed by atoms with Gasteiger partial charge >= 0.3 is 11.9 Å². The van der Waals surface area contributed by atoms with E-state index in [9.17, 15) is 38.3 Å². The Bertz CT molecular complexity index is 4320. The SMILES string of the molecule is CC(C)[C@H](NC(=O)c1ccc(F)cc1)C(=O)CCCc1c[nH]c2ccccc12.CCC(C)C(=O)OC1CCC=C2C=CC(C)C(CCC3CC(O)CC(=O)O3)C21.O=C(NCc1nc(-c2cccnc2)n[nH]1)c1ccco1.[C-]#[N+]c1ccc2[nH]c3c(c2c1)CC(=O)Nc1ccccc1-3. The Morgan fingerprint density at radius 1 is 0.918 bits per heavy atom. The summed E-state index contributed by atoms with van der Waals surface area (Å²) < 4.78 is 29.4. The van der Waals surface area contributed by atoms with Crippen molar-refractivity contribution in [1.29, 1.82) is 0 Å². The number of halogens is 1. The largest absolute Gasteiger partial charge is 0.462 e. The second-order valence-corrected chi connectivity index (χ2v) is 25.2. The predicted molar refractivity (Wildman–Crippen MR) is 367 cm³/mol. The fourth-order valence-electron chi connectivity index (χ4n) is 12.7. The van der Waals surface area contributed by atoms with Crippen molar-refractivity contribution in [3.63, 3.8) is 0 Å². The first-order valence-corrected chi connectivity index (χ1v) is 33.1. The molecule has 21 heteroatoms. The van der Waals surface area contributed by atoms with Crippen LogP contribution >= 0.6 is 0 Å². The number of benzene rings is 4. The summed E-state index contributed by atoms with van der Waals surface area (Å²) in [4.78, 5) is 91.4. The van der Waals surface area contributed by atoms with Crippen LogP contribution in [0.25, 0.3) is 49.3 Å². The first kappa shape index (κ1) is 69.2. The van der Waals surface area contributed by atoms with E-state index in [0.717, 1.165) is 89.4 Å². The highest BCUT2D eigenvalue weighted by Crippen LogP contribution is 2.45. The number of aliphatic hydroxyl groups is 1. The predicted octanol–water partition coefficient (Wildman–Crippen LogP) is 13.9. The number of Topliss-reactive ketones (excluding diaryl/α,β-unsaturated/α-hetero) is 1. The number of carbonyl (C=O) groups excluding carboxylic acids is 6. The van der Waals surface area contributed by atoms with Crippen molar-refractivity contribution < 1.29 is 52.2 Å².